The highest BCUT2D eigenvalue weighted by molar-refractivity contribution is 6.31. The van der Waals surface area contributed by atoms with E-state index in [1.54, 1.807) is 54.6 Å². The van der Waals surface area contributed by atoms with Crippen molar-refractivity contribution in [3.63, 3.8) is 0 Å². The summed E-state index contributed by atoms with van der Waals surface area (Å²) in [5, 5.41) is 12.7. The van der Waals surface area contributed by atoms with Gasteiger partial charge in [-0.3, -0.25) is 4.79 Å². The van der Waals surface area contributed by atoms with Crippen LogP contribution < -0.4 is 20.5 Å². The number of benzene rings is 3. The minimum absolute atomic E-state index is 0.0661. The summed E-state index contributed by atoms with van der Waals surface area (Å²) in [7, 11) is 0. The van der Waals surface area contributed by atoms with Gasteiger partial charge in [0, 0.05) is 16.1 Å². The molecule has 0 saturated carbocycles. The third kappa shape index (κ3) is 5.88. The third-order valence-electron chi connectivity index (χ3n) is 5.10. The number of nitrogens with two attached hydrogens (primary N) is 1. The smallest absolute Gasteiger partial charge is 0.260 e. The van der Waals surface area contributed by atoms with E-state index in [2.05, 4.69) is 16.4 Å². The van der Waals surface area contributed by atoms with Gasteiger partial charge >= 0.3 is 0 Å². The number of carbonyl (C=O) groups excluding carboxylic acids is 1. The fourth-order valence-corrected chi connectivity index (χ4v) is 3.49. The molecule has 0 bridgehead atoms. The Morgan fingerprint density at radius 2 is 1.69 bits per heavy atom. The first kappa shape index (κ1) is 23.6. The van der Waals surface area contributed by atoms with Crippen LogP contribution in [0.25, 0.3) is 0 Å². The molecule has 0 unspecified atom stereocenters. The zero-order valence-corrected chi connectivity index (χ0v) is 19.3. The molecule has 1 amide bonds. The number of rotatable bonds is 8. The van der Waals surface area contributed by atoms with E-state index < -0.39 is 5.91 Å². The topological polar surface area (TPSA) is 110 Å². The lowest BCUT2D eigenvalue weighted by atomic mass is 10.1. The number of amides is 1. The molecule has 0 spiro atoms. The number of nitrogens with zero attached hydrogens (tertiary/aromatic N) is 2. The Labute approximate surface area is 207 Å². The van der Waals surface area contributed by atoms with Gasteiger partial charge in [0.15, 0.2) is 11.5 Å². The Morgan fingerprint density at radius 1 is 0.943 bits per heavy atom. The molecular formula is C27H21ClN4O3. The second kappa shape index (κ2) is 11.1. The number of nitrogens with one attached hydrogen (secondary N) is 1. The molecule has 4 rings (SSSR count). The van der Waals surface area contributed by atoms with Crippen LogP contribution >= 0.6 is 11.6 Å². The number of pyridine rings is 1. The number of nitriles is 1. The molecule has 3 aromatic carbocycles. The maximum Gasteiger partial charge on any atom is 0.260 e. The van der Waals surface area contributed by atoms with Crippen LogP contribution in [0, 0.1) is 11.3 Å². The molecule has 1 aromatic heterocycles. The second-order valence-corrected chi connectivity index (χ2v) is 7.91. The predicted octanol–water partition coefficient (Wildman–Crippen LogP) is 5.60. The standard InChI is InChI=1S/C27H21ClN4O3/c28-23-10-4-3-8-20(23)17-34-24-11-5-9-22(27(33)32-25-13-12-21(30)15-31-25)26(24)35-16-19-7-2-1-6-18(19)14-29/h1-13,15H,16-17,30H2,(H,31,32,33). The first-order valence-corrected chi connectivity index (χ1v) is 11.1. The van der Waals surface area contributed by atoms with E-state index in [1.165, 1.54) is 6.20 Å². The monoisotopic (exact) mass is 484 g/mol. The van der Waals surface area contributed by atoms with Gasteiger partial charge < -0.3 is 20.5 Å². The van der Waals surface area contributed by atoms with Crippen molar-refractivity contribution in [2.45, 2.75) is 13.2 Å². The third-order valence-corrected chi connectivity index (χ3v) is 5.47. The van der Waals surface area contributed by atoms with Crippen molar-refractivity contribution in [3.8, 4) is 17.6 Å². The molecule has 174 valence electrons. The highest BCUT2D eigenvalue weighted by atomic mass is 35.5. The number of carbonyl (C=O) groups is 1. The largest absolute Gasteiger partial charge is 0.485 e. The van der Waals surface area contributed by atoms with Crippen LogP contribution in [0.4, 0.5) is 11.5 Å². The fraction of sp³-hybridized carbons (Fsp3) is 0.0741. The molecule has 8 heteroatoms. The molecule has 0 aliphatic rings. The maximum atomic E-state index is 13.1. The predicted molar refractivity (Wildman–Crippen MR) is 134 cm³/mol. The van der Waals surface area contributed by atoms with Crippen molar-refractivity contribution in [2.24, 2.45) is 0 Å². The summed E-state index contributed by atoms with van der Waals surface area (Å²) in [5.74, 6) is 0.499. The minimum atomic E-state index is -0.436. The second-order valence-electron chi connectivity index (χ2n) is 7.50. The molecule has 1 heterocycles. The lowest BCUT2D eigenvalue weighted by molar-refractivity contribution is 0.102. The van der Waals surface area contributed by atoms with Crippen LogP contribution in [0.3, 0.4) is 0 Å². The first-order chi connectivity index (χ1) is 17.0. The summed E-state index contributed by atoms with van der Waals surface area (Å²) in [6, 6.07) is 24.9. The highest BCUT2D eigenvalue weighted by Crippen LogP contribution is 2.34. The van der Waals surface area contributed by atoms with E-state index in [-0.39, 0.29) is 24.5 Å². The quantitative estimate of drug-likeness (QED) is 0.337. The zero-order valence-electron chi connectivity index (χ0n) is 18.6. The number of hydrogen-bond donors (Lipinski definition) is 2. The first-order valence-electron chi connectivity index (χ1n) is 10.7. The average molecular weight is 485 g/mol. The number of ether oxygens (including phenoxy) is 2. The van der Waals surface area contributed by atoms with Crippen molar-refractivity contribution in [3.05, 3.63) is 112 Å². The summed E-state index contributed by atoms with van der Waals surface area (Å²) in [6.07, 6.45) is 1.45. The van der Waals surface area contributed by atoms with E-state index in [0.717, 1.165) is 5.56 Å². The van der Waals surface area contributed by atoms with E-state index in [4.69, 9.17) is 26.8 Å². The number of anilines is 2. The molecule has 0 aliphatic carbocycles. The van der Waals surface area contributed by atoms with Gasteiger partial charge in [-0.15, -0.1) is 0 Å². The van der Waals surface area contributed by atoms with Gasteiger partial charge in [-0.05, 0) is 36.4 Å². The Bertz CT molecular complexity index is 1380. The van der Waals surface area contributed by atoms with Crippen molar-refractivity contribution in [1.29, 1.82) is 5.26 Å². The number of aromatic nitrogens is 1. The number of halogens is 1. The lowest BCUT2D eigenvalue weighted by Crippen LogP contribution is -2.15. The highest BCUT2D eigenvalue weighted by Gasteiger charge is 2.19. The van der Waals surface area contributed by atoms with Crippen molar-refractivity contribution in [1.82, 2.24) is 4.98 Å². The van der Waals surface area contributed by atoms with Gasteiger partial charge in [0.1, 0.15) is 19.0 Å². The van der Waals surface area contributed by atoms with Crippen LogP contribution in [0.1, 0.15) is 27.0 Å². The Hall–Kier alpha value is -4.54. The average Bonchev–Trinajstić information content (AvgIpc) is 2.88. The normalized spacial score (nSPS) is 10.3. The number of para-hydroxylation sites is 1. The molecular weight excluding hydrogens is 464 g/mol. The van der Waals surface area contributed by atoms with Crippen molar-refractivity contribution < 1.29 is 14.3 Å². The summed E-state index contributed by atoms with van der Waals surface area (Å²) in [6.45, 7) is 0.242. The van der Waals surface area contributed by atoms with Crippen LogP contribution in [-0.4, -0.2) is 10.9 Å². The lowest BCUT2D eigenvalue weighted by Gasteiger charge is -2.17. The van der Waals surface area contributed by atoms with Crippen LogP contribution in [0.5, 0.6) is 11.5 Å². The van der Waals surface area contributed by atoms with Crippen molar-refractivity contribution >= 4 is 29.0 Å². The molecule has 4 aromatic rings. The van der Waals surface area contributed by atoms with E-state index in [9.17, 15) is 10.1 Å². The van der Waals surface area contributed by atoms with Crippen LogP contribution in [0.15, 0.2) is 85.1 Å². The van der Waals surface area contributed by atoms with E-state index >= 15 is 0 Å². The van der Waals surface area contributed by atoms with Gasteiger partial charge in [0.2, 0.25) is 0 Å². The molecule has 0 aliphatic heterocycles. The molecule has 3 N–H and O–H groups in total. The van der Waals surface area contributed by atoms with Gasteiger partial charge in [0.05, 0.1) is 29.1 Å². The molecule has 0 atom stereocenters. The zero-order chi connectivity index (χ0) is 24.6. The number of hydrogen-bond acceptors (Lipinski definition) is 6. The Balaban J connectivity index is 1.64. The van der Waals surface area contributed by atoms with Gasteiger partial charge in [-0.25, -0.2) is 4.98 Å². The maximum absolute atomic E-state index is 13.1. The molecule has 7 nitrogen and oxygen atoms in total. The Morgan fingerprint density at radius 3 is 2.43 bits per heavy atom. The Kier molecular flexibility index (Phi) is 7.46. The minimum Gasteiger partial charge on any atom is -0.485 e. The number of nitrogen functional groups attached to an aromatic ring is 1. The summed E-state index contributed by atoms with van der Waals surface area (Å²) in [4.78, 5) is 17.3. The van der Waals surface area contributed by atoms with Gasteiger partial charge in [-0.1, -0.05) is 54.1 Å². The van der Waals surface area contributed by atoms with Gasteiger partial charge in [0.25, 0.3) is 5.91 Å². The molecule has 0 saturated heterocycles. The van der Waals surface area contributed by atoms with E-state index in [0.29, 0.717) is 33.4 Å². The van der Waals surface area contributed by atoms with Crippen LogP contribution in [0.2, 0.25) is 5.02 Å². The fourth-order valence-electron chi connectivity index (χ4n) is 3.30. The summed E-state index contributed by atoms with van der Waals surface area (Å²) >= 11 is 6.27. The molecule has 0 fully saturated rings. The SMILES string of the molecule is N#Cc1ccccc1COc1c(OCc2ccccc2Cl)cccc1C(=O)Nc1ccc(N)cn1. The molecule has 35 heavy (non-hydrogen) atoms. The van der Waals surface area contributed by atoms with E-state index in [1.807, 2.05) is 24.3 Å². The van der Waals surface area contributed by atoms with Crippen molar-refractivity contribution in [2.75, 3.05) is 11.1 Å². The van der Waals surface area contributed by atoms with Gasteiger partial charge in [-0.2, -0.15) is 5.26 Å². The summed E-state index contributed by atoms with van der Waals surface area (Å²) in [5.41, 5.74) is 8.36. The molecule has 0 radical (unpaired) electrons. The summed E-state index contributed by atoms with van der Waals surface area (Å²) < 4.78 is 12.1. The van der Waals surface area contributed by atoms with Crippen LogP contribution in [-0.2, 0) is 13.2 Å².